The molecule has 1 N–H and O–H groups in total. The fourth-order valence-corrected chi connectivity index (χ4v) is 6.48. The maximum absolute atomic E-state index is 14.5. The zero-order valence-corrected chi connectivity index (χ0v) is 27.0. The van der Waals surface area contributed by atoms with E-state index >= 15 is 0 Å². The van der Waals surface area contributed by atoms with E-state index in [1.54, 1.807) is 42.5 Å². The third-order valence-corrected chi connectivity index (χ3v) is 9.48. The number of sulfonamides is 1. The van der Waals surface area contributed by atoms with E-state index in [2.05, 4.69) is 5.32 Å². The van der Waals surface area contributed by atoms with Gasteiger partial charge in [-0.15, -0.1) is 0 Å². The normalized spacial score (nSPS) is 12.5. The lowest BCUT2D eigenvalue weighted by molar-refractivity contribution is -0.384. The maximum atomic E-state index is 14.5. The molecule has 240 valence electrons. The molecule has 4 aromatic carbocycles. The Bertz CT molecular complexity index is 1770. The van der Waals surface area contributed by atoms with Crippen molar-refractivity contribution in [3.8, 4) is 0 Å². The highest BCUT2D eigenvalue weighted by atomic mass is 35.5. The highest BCUT2D eigenvalue weighted by Gasteiger charge is 2.35. The summed E-state index contributed by atoms with van der Waals surface area (Å²) in [5.74, 6) is -1.09. The van der Waals surface area contributed by atoms with Crippen LogP contribution in [-0.4, -0.2) is 48.7 Å². The third kappa shape index (κ3) is 8.70. The van der Waals surface area contributed by atoms with E-state index < -0.39 is 39.3 Å². The zero-order valence-electron chi connectivity index (χ0n) is 25.5. The molecule has 0 fully saturated rings. The molecule has 0 aromatic heterocycles. The molecule has 4 rings (SSSR count). The minimum Gasteiger partial charge on any atom is -0.352 e. The lowest BCUT2D eigenvalue weighted by Gasteiger charge is -2.34. The number of nitrogens with zero attached hydrogens (tertiary/aromatic N) is 3. The first-order valence-corrected chi connectivity index (χ1v) is 16.5. The number of hydrogen-bond acceptors (Lipinski definition) is 6. The number of anilines is 1. The fraction of sp³-hybridized carbons (Fsp3) is 0.235. The van der Waals surface area contributed by atoms with Crippen LogP contribution in [0.3, 0.4) is 0 Å². The van der Waals surface area contributed by atoms with Gasteiger partial charge in [-0.05, 0) is 54.8 Å². The van der Waals surface area contributed by atoms with E-state index in [1.165, 1.54) is 35.2 Å². The minimum absolute atomic E-state index is 0.0566. The number of nitro benzene ring substituents is 1. The van der Waals surface area contributed by atoms with Gasteiger partial charge in [-0.2, -0.15) is 0 Å². The molecular weight excluding hydrogens is 628 g/mol. The average Bonchev–Trinajstić information content (AvgIpc) is 3.05. The number of amides is 2. The van der Waals surface area contributed by atoms with Crippen molar-refractivity contribution in [1.29, 1.82) is 0 Å². The van der Waals surface area contributed by atoms with Crippen LogP contribution in [0.1, 0.15) is 31.4 Å². The van der Waals surface area contributed by atoms with Crippen molar-refractivity contribution in [2.75, 3.05) is 10.8 Å². The van der Waals surface area contributed by atoms with Crippen molar-refractivity contribution >= 4 is 44.8 Å². The predicted molar refractivity (Wildman–Crippen MR) is 178 cm³/mol. The number of carbonyl (C=O) groups excluding carboxylic acids is 2. The van der Waals surface area contributed by atoms with Crippen molar-refractivity contribution in [3.05, 3.63) is 135 Å². The summed E-state index contributed by atoms with van der Waals surface area (Å²) in [5, 5.41) is 15.0. The van der Waals surface area contributed by atoms with Gasteiger partial charge in [0.25, 0.3) is 15.7 Å². The summed E-state index contributed by atoms with van der Waals surface area (Å²) < 4.78 is 28.9. The van der Waals surface area contributed by atoms with E-state index in [0.29, 0.717) is 17.0 Å². The fourth-order valence-electron chi connectivity index (χ4n) is 4.84. The standard InChI is InChI=1S/C34H35ClN4O6S/c1-3-25(2)36-34(41)32(21-26-12-6-4-7-13-26)37(23-27-14-10-15-28(35)20-27)33(40)24-38(29-16-11-17-30(22-29)39(42)43)46(44,45)31-18-8-5-9-19-31/h4-20,22,25,32H,3,21,23-24H2,1-2H3,(H,36,41)/t25-,32+/m1/s1. The number of rotatable bonds is 14. The number of nitrogens with one attached hydrogen (secondary N) is 1. The Labute approximate surface area is 273 Å². The van der Waals surface area contributed by atoms with Gasteiger partial charge in [-0.25, -0.2) is 8.42 Å². The van der Waals surface area contributed by atoms with Crippen LogP contribution in [-0.2, 0) is 32.6 Å². The van der Waals surface area contributed by atoms with Crippen molar-refractivity contribution in [1.82, 2.24) is 10.2 Å². The van der Waals surface area contributed by atoms with E-state index in [4.69, 9.17) is 11.6 Å². The Morgan fingerprint density at radius 2 is 1.52 bits per heavy atom. The molecule has 0 saturated heterocycles. The second-order valence-electron chi connectivity index (χ2n) is 10.8. The van der Waals surface area contributed by atoms with Crippen LogP contribution in [0.4, 0.5) is 11.4 Å². The smallest absolute Gasteiger partial charge is 0.271 e. The molecule has 0 aliphatic rings. The molecular formula is C34H35ClN4O6S. The van der Waals surface area contributed by atoms with Crippen LogP contribution in [0, 0.1) is 10.1 Å². The summed E-state index contributed by atoms with van der Waals surface area (Å²) in [6.07, 6.45) is 0.805. The molecule has 0 heterocycles. The van der Waals surface area contributed by atoms with Gasteiger partial charge in [0, 0.05) is 36.2 Å². The van der Waals surface area contributed by atoms with Crippen molar-refractivity contribution in [2.45, 2.75) is 50.2 Å². The number of halogens is 1. The van der Waals surface area contributed by atoms with Crippen molar-refractivity contribution in [2.24, 2.45) is 0 Å². The molecule has 0 radical (unpaired) electrons. The molecule has 0 spiro atoms. The highest BCUT2D eigenvalue weighted by Crippen LogP contribution is 2.28. The van der Waals surface area contributed by atoms with E-state index in [1.807, 2.05) is 44.2 Å². The second kappa shape index (κ2) is 15.5. The number of nitro groups is 1. The summed E-state index contributed by atoms with van der Waals surface area (Å²) >= 11 is 6.27. The third-order valence-electron chi connectivity index (χ3n) is 7.45. The summed E-state index contributed by atoms with van der Waals surface area (Å²) in [7, 11) is -4.39. The Kier molecular flexibility index (Phi) is 11.5. The number of carbonyl (C=O) groups is 2. The molecule has 10 nitrogen and oxygen atoms in total. The van der Waals surface area contributed by atoms with Crippen LogP contribution >= 0.6 is 11.6 Å². The van der Waals surface area contributed by atoms with Gasteiger partial charge in [0.2, 0.25) is 11.8 Å². The molecule has 2 amide bonds. The highest BCUT2D eigenvalue weighted by molar-refractivity contribution is 7.92. The summed E-state index contributed by atoms with van der Waals surface area (Å²) in [6, 6.07) is 27.4. The van der Waals surface area contributed by atoms with E-state index in [-0.39, 0.29) is 35.3 Å². The zero-order chi connectivity index (χ0) is 33.3. The molecule has 0 aliphatic carbocycles. The first-order valence-electron chi connectivity index (χ1n) is 14.7. The Morgan fingerprint density at radius 1 is 0.891 bits per heavy atom. The van der Waals surface area contributed by atoms with Crippen molar-refractivity contribution in [3.63, 3.8) is 0 Å². The van der Waals surface area contributed by atoms with Gasteiger partial charge in [0.05, 0.1) is 15.5 Å². The lowest BCUT2D eigenvalue weighted by Crippen LogP contribution is -2.54. The van der Waals surface area contributed by atoms with Crippen molar-refractivity contribution < 1.29 is 22.9 Å². The minimum atomic E-state index is -4.39. The molecule has 0 aliphatic heterocycles. The second-order valence-corrected chi connectivity index (χ2v) is 13.1. The van der Waals surface area contributed by atoms with Gasteiger partial charge >= 0.3 is 0 Å². The monoisotopic (exact) mass is 662 g/mol. The van der Waals surface area contributed by atoms with Crippen LogP contribution in [0.2, 0.25) is 5.02 Å². The van der Waals surface area contributed by atoms with Crippen LogP contribution in [0.25, 0.3) is 0 Å². The van der Waals surface area contributed by atoms with Gasteiger partial charge in [-0.3, -0.25) is 24.0 Å². The topological polar surface area (TPSA) is 130 Å². The molecule has 0 saturated carbocycles. The first-order chi connectivity index (χ1) is 22.0. The van der Waals surface area contributed by atoms with Crippen LogP contribution in [0.5, 0.6) is 0 Å². The quantitative estimate of drug-likeness (QED) is 0.130. The molecule has 0 bridgehead atoms. The summed E-state index contributed by atoms with van der Waals surface area (Å²) in [5.41, 5.74) is 1.01. The van der Waals surface area contributed by atoms with Gasteiger partial charge < -0.3 is 10.2 Å². The summed E-state index contributed by atoms with van der Waals surface area (Å²) in [6.45, 7) is 2.99. The van der Waals surface area contributed by atoms with Crippen LogP contribution < -0.4 is 9.62 Å². The van der Waals surface area contributed by atoms with Gasteiger partial charge in [-0.1, -0.05) is 85.3 Å². The molecule has 12 heteroatoms. The van der Waals surface area contributed by atoms with Crippen LogP contribution in [0.15, 0.2) is 114 Å². The SMILES string of the molecule is CC[C@@H](C)NC(=O)[C@H](Cc1ccccc1)N(Cc1cccc(Cl)c1)C(=O)CN(c1cccc([N+](=O)[O-])c1)S(=O)(=O)c1ccccc1. The average molecular weight is 663 g/mol. The largest absolute Gasteiger partial charge is 0.352 e. The lowest BCUT2D eigenvalue weighted by atomic mass is 10.0. The predicted octanol–water partition coefficient (Wildman–Crippen LogP) is 6.00. The maximum Gasteiger partial charge on any atom is 0.271 e. The molecule has 46 heavy (non-hydrogen) atoms. The number of non-ortho nitro benzene ring substituents is 1. The number of benzene rings is 4. The Morgan fingerprint density at radius 3 is 2.15 bits per heavy atom. The van der Waals surface area contributed by atoms with Gasteiger partial charge in [0.1, 0.15) is 12.6 Å². The van der Waals surface area contributed by atoms with E-state index in [9.17, 15) is 28.1 Å². The van der Waals surface area contributed by atoms with E-state index in [0.717, 1.165) is 15.9 Å². The molecule has 4 aromatic rings. The summed E-state index contributed by atoms with van der Waals surface area (Å²) in [4.78, 5) is 40.6. The Balaban J connectivity index is 1.83. The first kappa shape index (κ1) is 34.1. The number of hydrogen-bond donors (Lipinski definition) is 1. The van der Waals surface area contributed by atoms with Gasteiger partial charge in [0.15, 0.2) is 0 Å². The Hall–Kier alpha value is -4.74. The molecule has 0 unspecified atom stereocenters. The molecule has 2 atom stereocenters.